The van der Waals surface area contributed by atoms with Crippen LogP contribution in [0.3, 0.4) is 0 Å². The number of carbonyl (C=O) groups excluding carboxylic acids is 1. The number of rotatable bonds is 6. The molecule has 0 aromatic carbocycles. The highest BCUT2D eigenvalue weighted by atomic mass is 32.2. The summed E-state index contributed by atoms with van der Waals surface area (Å²) in [5.74, 6) is -0.332. The molecule has 1 aliphatic rings. The lowest BCUT2D eigenvalue weighted by Gasteiger charge is -2.14. The molecule has 0 aliphatic heterocycles. The van der Waals surface area contributed by atoms with Gasteiger partial charge in [-0.05, 0) is 31.7 Å². The van der Waals surface area contributed by atoms with Crippen molar-refractivity contribution in [2.75, 3.05) is 20.8 Å². The van der Waals surface area contributed by atoms with Crippen LogP contribution in [-0.4, -0.2) is 41.6 Å². The molecule has 0 bridgehead atoms. The van der Waals surface area contributed by atoms with E-state index in [0.29, 0.717) is 18.3 Å². The van der Waals surface area contributed by atoms with Crippen LogP contribution in [0.5, 0.6) is 0 Å². The second-order valence-corrected chi connectivity index (χ2v) is 8.06. The number of methoxy groups -OCH3 is 2. The number of hydrogen-bond donors (Lipinski definition) is 0. The van der Waals surface area contributed by atoms with Crippen LogP contribution < -0.4 is 5.56 Å². The van der Waals surface area contributed by atoms with E-state index < -0.39 is 5.25 Å². The van der Waals surface area contributed by atoms with Gasteiger partial charge in [-0.2, -0.15) is 0 Å². The molecule has 1 atom stereocenters. The fraction of sp³-hybridized carbons (Fsp3) is 0.562. The minimum atomic E-state index is -0.431. The second-order valence-electron chi connectivity index (χ2n) is 5.66. The summed E-state index contributed by atoms with van der Waals surface area (Å²) in [6.07, 6.45) is 3.07. The van der Waals surface area contributed by atoms with Gasteiger partial charge in [0.2, 0.25) is 0 Å². The summed E-state index contributed by atoms with van der Waals surface area (Å²) in [5, 5.41) is 0.862. The number of ether oxygens (including phenoxy) is 2. The topological polar surface area (TPSA) is 70.4 Å². The predicted octanol–water partition coefficient (Wildman–Crippen LogP) is 2.25. The zero-order valence-corrected chi connectivity index (χ0v) is 15.6. The number of thiophene rings is 1. The number of fused-ring (bicyclic) bond motifs is 3. The zero-order valence-electron chi connectivity index (χ0n) is 14.0. The highest BCUT2D eigenvalue weighted by Gasteiger charge is 2.25. The van der Waals surface area contributed by atoms with Crippen molar-refractivity contribution in [1.29, 1.82) is 0 Å². The number of esters is 1. The Morgan fingerprint density at radius 1 is 1.42 bits per heavy atom. The molecule has 24 heavy (non-hydrogen) atoms. The average molecular weight is 368 g/mol. The summed E-state index contributed by atoms with van der Waals surface area (Å²) in [5.41, 5.74) is 1.13. The third-order valence-corrected chi connectivity index (χ3v) is 6.38. The first kappa shape index (κ1) is 17.4. The number of carbonyl (C=O) groups is 1. The van der Waals surface area contributed by atoms with Crippen molar-refractivity contribution >= 4 is 39.3 Å². The Labute approximate surface area is 148 Å². The first-order valence-electron chi connectivity index (χ1n) is 7.85. The molecular weight excluding hydrogens is 348 g/mol. The molecule has 3 rings (SSSR count). The Kier molecular flexibility index (Phi) is 5.27. The van der Waals surface area contributed by atoms with Crippen molar-refractivity contribution < 1.29 is 14.3 Å². The molecule has 0 saturated heterocycles. The Bertz CT molecular complexity index is 828. The molecule has 6 nitrogen and oxygen atoms in total. The first-order chi connectivity index (χ1) is 11.6. The molecule has 0 fully saturated rings. The third kappa shape index (κ3) is 3.10. The minimum absolute atomic E-state index is 0.0315. The Hall–Kier alpha value is -1.38. The van der Waals surface area contributed by atoms with E-state index in [1.165, 1.54) is 23.7 Å². The van der Waals surface area contributed by atoms with Crippen molar-refractivity contribution in [2.24, 2.45) is 0 Å². The maximum absolute atomic E-state index is 13.0. The maximum atomic E-state index is 13.0. The lowest BCUT2D eigenvalue weighted by molar-refractivity contribution is -0.139. The minimum Gasteiger partial charge on any atom is -0.468 e. The van der Waals surface area contributed by atoms with Crippen molar-refractivity contribution in [3.63, 3.8) is 0 Å². The fourth-order valence-corrected chi connectivity index (χ4v) is 5.16. The third-order valence-electron chi connectivity index (χ3n) is 4.12. The first-order valence-corrected chi connectivity index (χ1v) is 9.55. The molecule has 8 heteroatoms. The number of thioether (sulfide) groups is 1. The highest BCUT2D eigenvalue weighted by Crippen LogP contribution is 2.36. The van der Waals surface area contributed by atoms with Gasteiger partial charge in [0.05, 0.1) is 25.6 Å². The number of aromatic nitrogens is 2. The molecule has 2 aromatic heterocycles. The van der Waals surface area contributed by atoms with E-state index in [-0.39, 0.29) is 11.5 Å². The van der Waals surface area contributed by atoms with Crippen LogP contribution in [0.15, 0.2) is 9.95 Å². The summed E-state index contributed by atoms with van der Waals surface area (Å²) in [6.45, 7) is 2.58. The predicted molar refractivity (Wildman–Crippen MR) is 95.1 cm³/mol. The molecule has 2 aromatic rings. The highest BCUT2D eigenvalue weighted by molar-refractivity contribution is 8.00. The summed E-state index contributed by atoms with van der Waals surface area (Å²) in [7, 11) is 2.96. The summed E-state index contributed by atoms with van der Waals surface area (Å²) in [6, 6.07) is 0. The average Bonchev–Trinajstić information content (AvgIpc) is 3.14. The molecule has 1 aliphatic carbocycles. The molecule has 0 radical (unpaired) electrons. The molecule has 2 heterocycles. The lowest BCUT2D eigenvalue weighted by atomic mass is 10.2. The summed E-state index contributed by atoms with van der Waals surface area (Å²) >= 11 is 2.85. The fourth-order valence-electron chi connectivity index (χ4n) is 2.90. The van der Waals surface area contributed by atoms with E-state index in [9.17, 15) is 9.59 Å². The van der Waals surface area contributed by atoms with Gasteiger partial charge < -0.3 is 9.47 Å². The molecule has 0 amide bonds. The largest absolute Gasteiger partial charge is 0.468 e. The summed E-state index contributed by atoms with van der Waals surface area (Å²) < 4.78 is 11.5. The van der Waals surface area contributed by atoms with Crippen LogP contribution in [-0.2, 0) is 33.7 Å². The van der Waals surface area contributed by atoms with Gasteiger partial charge in [-0.1, -0.05) is 11.8 Å². The van der Waals surface area contributed by atoms with E-state index in [4.69, 9.17) is 14.5 Å². The van der Waals surface area contributed by atoms with Gasteiger partial charge in [0.15, 0.2) is 5.16 Å². The van der Waals surface area contributed by atoms with Gasteiger partial charge in [-0.25, -0.2) is 4.98 Å². The van der Waals surface area contributed by atoms with E-state index >= 15 is 0 Å². The van der Waals surface area contributed by atoms with Crippen LogP contribution in [0.1, 0.15) is 23.8 Å². The van der Waals surface area contributed by atoms with Crippen LogP contribution in [0.4, 0.5) is 0 Å². The maximum Gasteiger partial charge on any atom is 0.318 e. The molecule has 0 spiro atoms. The smallest absolute Gasteiger partial charge is 0.318 e. The Balaban J connectivity index is 2.09. The normalized spacial score (nSPS) is 14.8. The van der Waals surface area contributed by atoms with Gasteiger partial charge in [0.1, 0.15) is 10.1 Å². The van der Waals surface area contributed by atoms with Gasteiger partial charge in [-0.3, -0.25) is 14.2 Å². The van der Waals surface area contributed by atoms with Gasteiger partial charge >= 0.3 is 5.97 Å². The molecule has 0 saturated carbocycles. The van der Waals surface area contributed by atoms with E-state index in [1.807, 2.05) is 0 Å². The molecule has 0 unspecified atom stereocenters. The van der Waals surface area contributed by atoms with Crippen molar-refractivity contribution in [2.45, 2.75) is 43.1 Å². The van der Waals surface area contributed by atoms with Crippen LogP contribution in [0.25, 0.3) is 10.2 Å². The van der Waals surface area contributed by atoms with Crippen LogP contribution >= 0.6 is 23.1 Å². The van der Waals surface area contributed by atoms with Gasteiger partial charge in [0, 0.05) is 12.0 Å². The quantitative estimate of drug-likeness (QED) is 0.442. The molecule has 130 valence electrons. The lowest BCUT2D eigenvalue weighted by Crippen LogP contribution is -2.26. The van der Waals surface area contributed by atoms with E-state index in [0.717, 1.165) is 35.0 Å². The Morgan fingerprint density at radius 2 is 2.21 bits per heavy atom. The monoisotopic (exact) mass is 368 g/mol. The van der Waals surface area contributed by atoms with Crippen molar-refractivity contribution in [3.8, 4) is 0 Å². The number of hydrogen-bond acceptors (Lipinski definition) is 7. The number of nitrogens with zero attached hydrogens (tertiary/aromatic N) is 2. The van der Waals surface area contributed by atoms with Gasteiger partial charge in [-0.15, -0.1) is 11.3 Å². The summed E-state index contributed by atoms with van der Waals surface area (Å²) in [4.78, 5) is 31.5. The zero-order chi connectivity index (χ0) is 17.3. The van der Waals surface area contributed by atoms with Crippen molar-refractivity contribution in [3.05, 3.63) is 20.8 Å². The van der Waals surface area contributed by atoms with Crippen molar-refractivity contribution in [1.82, 2.24) is 9.55 Å². The van der Waals surface area contributed by atoms with E-state index in [2.05, 4.69) is 0 Å². The standard InChI is InChI=1S/C16H20N2O4S2/c1-9(15(20)22-3)23-16-17-13-12(10-5-4-6-11(10)24-13)14(19)18(16)7-8-21-2/h9H,4-8H2,1-3H3/t9-/m1/s1. The molecule has 0 N–H and O–H groups in total. The number of aryl methyl sites for hydroxylation is 2. The SMILES string of the molecule is COCCn1c(S[C@H](C)C(=O)OC)nc2sc3c(c2c1=O)CCC3. The Morgan fingerprint density at radius 3 is 2.92 bits per heavy atom. The van der Waals surface area contributed by atoms with E-state index in [1.54, 1.807) is 29.9 Å². The molecular formula is C16H20N2O4S2. The second kappa shape index (κ2) is 7.25. The van der Waals surface area contributed by atoms with Crippen LogP contribution in [0.2, 0.25) is 0 Å². The van der Waals surface area contributed by atoms with Crippen LogP contribution in [0, 0.1) is 0 Å². The van der Waals surface area contributed by atoms with Gasteiger partial charge in [0.25, 0.3) is 5.56 Å².